The summed E-state index contributed by atoms with van der Waals surface area (Å²) in [7, 11) is 3.21. The van der Waals surface area contributed by atoms with Crippen LogP contribution in [0.3, 0.4) is 0 Å². The summed E-state index contributed by atoms with van der Waals surface area (Å²) >= 11 is 0. The number of fused-ring (bicyclic) bond motifs is 1. The van der Waals surface area contributed by atoms with Crippen molar-refractivity contribution < 1.29 is 14.3 Å². The predicted molar refractivity (Wildman–Crippen MR) is 119 cm³/mol. The van der Waals surface area contributed by atoms with Gasteiger partial charge in [0.15, 0.2) is 0 Å². The quantitative estimate of drug-likeness (QED) is 0.514. The normalized spacial score (nSPS) is 11.0. The van der Waals surface area contributed by atoms with E-state index < -0.39 is 0 Å². The number of carbonyl (C=O) groups excluding carboxylic acids is 1. The molecule has 0 saturated heterocycles. The molecule has 0 bridgehead atoms. The van der Waals surface area contributed by atoms with Crippen LogP contribution in [0.2, 0.25) is 0 Å². The van der Waals surface area contributed by atoms with E-state index in [1.807, 2.05) is 18.3 Å². The number of anilines is 2. The number of carbonyl (C=O) groups is 1. The Morgan fingerprint density at radius 1 is 1.17 bits per heavy atom. The Bertz CT molecular complexity index is 1020. The van der Waals surface area contributed by atoms with E-state index >= 15 is 0 Å². The number of hydrogen-bond donors (Lipinski definition) is 2. The van der Waals surface area contributed by atoms with E-state index in [4.69, 9.17) is 14.5 Å². The lowest BCUT2D eigenvalue weighted by molar-refractivity contribution is 0.0948. The maximum absolute atomic E-state index is 12.3. The number of benzene rings is 2. The van der Waals surface area contributed by atoms with Crippen LogP contribution in [0.15, 0.2) is 42.6 Å². The molecule has 0 radical (unpaired) electrons. The van der Waals surface area contributed by atoms with Gasteiger partial charge in [0.1, 0.15) is 5.75 Å². The van der Waals surface area contributed by atoms with Crippen LogP contribution < -0.4 is 15.4 Å². The van der Waals surface area contributed by atoms with Crippen LogP contribution in [0.4, 0.5) is 11.6 Å². The highest BCUT2D eigenvalue weighted by molar-refractivity contribution is 5.95. The molecule has 7 heteroatoms. The summed E-state index contributed by atoms with van der Waals surface area (Å²) in [5.41, 5.74) is 3.31. The van der Waals surface area contributed by atoms with Crippen LogP contribution in [-0.4, -0.2) is 43.2 Å². The van der Waals surface area contributed by atoms with Gasteiger partial charge in [-0.25, -0.2) is 9.97 Å². The first-order chi connectivity index (χ1) is 14.5. The van der Waals surface area contributed by atoms with Crippen LogP contribution in [0.5, 0.6) is 5.75 Å². The molecule has 0 atom stereocenters. The summed E-state index contributed by atoms with van der Waals surface area (Å²) in [6, 6.07) is 11.4. The summed E-state index contributed by atoms with van der Waals surface area (Å²) in [6.45, 7) is 5.45. The molecule has 0 saturated carbocycles. The lowest BCUT2D eigenvalue weighted by Crippen LogP contribution is -2.25. The average molecular weight is 409 g/mol. The van der Waals surface area contributed by atoms with Gasteiger partial charge in [0.25, 0.3) is 5.91 Å². The number of methoxy groups -OCH3 is 2. The van der Waals surface area contributed by atoms with Crippen LogP contribution in [0.1, 0.15) is 42.1 Å². The zero-order chi connectivity index (χ0) is 21.5. The molecule has 0 aliphatic heterocycles. The van der Waals surface area contributed by atoms with Crippen molar-refractivity contribution in [3.63, 3.8) is 0 Å². The number of aromatic nitrogens is 2. The Labute approximate surface area is 176 Å². The minimum Gasteiger partial charge on any atom is -0.495 e. The van der Waals surface area contributed by atoms with E-state index in [0.717, 1.165) is 17.3 Å². The van der Waals surface area contributed by atoms with Gasteiger partial charge in [-0.05, 0) is 36.1 Å². The van der Waals surface area contributed by atoms with E-state index in [9.17, 15) is 4.79 Å². The molecule has 0 aliphatic carbocycles. The zero-order valence-electron chi connectivity index (χ0n) is 17.9. The number of rotatable bonds is 9. The molecule has 3 rings (SSSR count). The van der Waals surface area contributed by atoms with Crippen LogP contribution in [-0.2, 0) is 4.74 Å². The van der Waals surface area contributed by atoms with Crippen molar-refractivity contribution >= 4 is 28.4 Å². The van der Waals surface area contributed by atoms with Crippen LogP contribution >= 0.6 is 0 Å². The fraction of sp³-hybridized carbons (Fsp3) is 0.348. The number of para-hydroxylation sites is 1. The van der Waals surface area contributed by atoms with Crippen molar-refractivity contribution in [3.05, 3.63) is 53.7 Å². The number of ether oxygens (including phenoxy) is 2. The molecule has 1 aromatic heterocycles. The fourth-order valence-corrected chi connectivity index (χ4v) is 3.18. The molecular weight excluding hydrogens is 380 g/mol. The first-order valence-electron chi connectivity index (χ1n) is 10.0. The van der Waals surface area contributed by atoms with Crippen molar-refractivity contribution in [2.24, 2.45) is 0 Å². The number of hydrogen-bond acceptors (Lipinski definition) is 6. The average Bonchev–Trinajstić information content (AvgIpc) is 2.76. The first-order valence-corrected chi connectivity index (χ1v) is 10.0. The third-order valence-electron chi connectivity index (χ3n) is 4.79. The Kier molecular flexibility index (Phi) is 7.19. The molecular formula is C23H28N4O3. The molecule has 3 aromatic rings. The zero-order valence-corrected chi connectivity index (χ0v) is 17.9. The smallest absolute Gasteiger partial charge is 0.251 e. The molecule has 1 heterocycles. The highest BCUT2D eigenvalue weighted by atomic mass is 16.5. The van der Waals surface area contributed by atoms with Crippen LogP contribution in [0, 0.1) is 0 Å². The molecule has 7 nitrogen and oxygen atoms in total. The van der Waals surface area contributed by atoms with Gasteiger partial charge in [0, 0.05) is 37.4 Å². The summed E-state index contributed by atoms with van der Waals surface area (Å²) in [4.78, 5) is 21.5. The molecule has 0 aliphatic rings. The van der Waals surface area contributed by atoms with Crippen molar-refractivity contribution in [2.75, 3.05) is 32.7 Å². The SMILES string of the molecule is COCCCNC(=O)c1ccc(Nc2ncc3cccc(C(C)C)c3n2)c(OC)c1. The molecule has 30 heavy (non-hydrogen) atoms. The third kappa shape index (κ3) is 5.04. The molecule has 158 valence electrons. The highest BCUT2D eigenvalue weighted by Gasteiger charge is 2.13. The predicted octanol–water partition coefficient (Wildman–Crippen LogP) is 4.27. The number of amides is 1. The van der Waals surface area contributed by atoms with Gasteiger partial charge < -0.3 is 20.1 Å². The van der Waals surface area contributed by atoms with Gasteiger partial charge >= 0.3 is 0 Å². The first kappa shape index (κ1) is 21.5. The second-order valence-electron chi connectivity index (χ2n) is 7.28. The van der Waals surface area contributed by atoms with Crippen LogP contribution in [0.25, 0.3) is 10.9 Å². The summed E-state index contributed by atoms with van der Waals surface area (Å²) in [5, 5.41) is 7.08. The molecule has 2 aromatic carbocycles. The van der Waals surface area contributed by atoms with Gasteiger partial charge in [0.2, 0.25) is 5.95 Å². The van der Waals surface area contributed by atoms with E-state index in [-0.39, 0.29) is 5.91 Å². The van der Waals surface area contributed by atoms with Crippen molar-refractivity contribution in [3.8, 4) is 5.75 Å². The Hall–Kier alpha value is -3.19. The van der Waals surface area contributed by atoms with E-state index in [1.165, 1.54) is 5.56 Å². The van der Waals surface area contributed by atoms with Crippen molar-refractivity contribution in [1.29, 1.82) is 0 Å². The summed E-state index contributed by atoms with van der Waals surface area (Å²) in [6.07, 6.45) is 2.57. The minimum atomic E-state index is -0.153. The minimum absolute atomic E-state index is 0.153. The number of nitrogens with zero attached hydrogens (tertiary/aromatic N) is 2. The molecule has 0 fully saturated rings. The Morgan fingerprint density at radius 3 is 2.73 bits per heavy atom. The standard InChI is InChI=1S/C23H28N4O3/c1-15(2)18-8-5-7-17-14-25-23(27-21(17)18)26-19-10-9-16(13-20(19)30-4)22(28)24-11-6-12-29-3/h5,7-10,13-15H,6,11-12H2,1-4H3,(H,24,28)(H,25,26,27). The molecule has 0 spiro atoms. The molecule has 2 N–H and O–H groups in total. The third-order valence-corrected chi connectivity index (χ3v) is 4.79. The van der Waals surface area contributed by atoms with E-state index in [2.05, 4.69) is 35.5 Å². The van der Waals surface area contributed by atoms with E-state index in [0.29, 0.717) is 42.0 Å². The van der Waals surface area contributed by atoms with Gasteiger partial charge in [-0.2, -0.15) is 0 Å². The second kappa shape index (κ2) is 10.0. The maximum Gasteiger partial charge on any atom is 0.251 e. The molecule has 0 unspecified atom stereocenters. The van der Waals surface area contributed by atoms with Crippen molar-refractivity contribution in [2.45, 2.75) is 26.2 Å². The fourth-order valence-electron chi connectivity index (χ4n) is 3.18. The monoisotopic (exact) mass is 408 g/mol. The van der Waals surface area contributed by atoms with Gasteiger partial charge in [-0.15, -0.1) is 0 Å². The Morgan fingerprint density at radius 2 is 2.00 bits per heavy atom. The van der Waals surface area contributed by atoms with Crippen molar-refractivity contribution in [1.82, 2.24) is 15.3 Å². The second-order valence-corrected chi connectivity index (χ2v) is 7.28. The largest absolute Gasteiger partial charge is 0.495 e. The lowest BCUT2D eigenvalue weighted by atomic mass is 10.0. The molecule has 1 amide bonds. The summed E-state index contributed by atoms with van der Waals surface area (Å²) in [5.74, 6) is 1.22. The van der Waals surface area contributed by atoms with Gasteiger partial charge in [-0.1, -0.05) is 32.0 Å². The Balaban J connectivity index is 1.81. The topological polar surface area (TPSA) is 85.4 Å². The van der Waals surface area contributed by atoms with Gasteiger partial charge in [-0.3, -0.25) is 4.79 Å². The highest BCUT2D eigenvalue weighted by Crippen LogP contribution is 2.29. The maximum atomic E-state index is 12.3. The van der Waals surface area contributed by atoms with Gasteiger partial charge in [0.05, 0.1) is 18.3 Å². The number of nitrogens with one attached hydrogen (secondary N) is 2. The summed E-state index contributed by atoms with van der Waals surface area (Å²) < 4.78 is 10.5. The van der Waals surface area contributed by atoms with E-state index in [1.54, 1.807) is 32.4 Å². The lowest BCUT2D eigenvalue weighted by Gasteiger charge is -2.13.